The fourth-order valence-corrected chi connectivity index (χ4v) is 9.71. The van der Waals surface area contributed by atoms with Crippen LogP contribution in [0.15, 0.2) is 48.9 Å². The van der Waals surface area contributed by atoms with Gasteiger partial charge in [0, 0.05) is 0 Å². The van der Waals surface area contributed by atoms with Crippen molar-refractivity contribution < 1.29 is 0 Å². The first-order chi connectivity index (χ1) is 6.76. The van der Waals surface area contributed by atoms with Crippen molar-refractivity contribution in [2.45, 2.75) is 26.2 Å². The summed E-state index contributed by atoms with van der Waals surface area (Å²) in [7, 11) is -2.97. The molecule has 0 aromatic rings. The summed E-state index contributed by atoms with van der Waals surface area (Å²) in [5.41, 5.74) is 5.41. The van der Waals surface area contributed by atoms with Crippen LogP contribution in [0.5, 0.6) is 0 Å². The van der Waals surface area contributed by atoms with Gasteiger partial charge in [0.05, 0.1) is 0 Å². The van der Waals surface area contributed by atoms with Crippen LogP contribution in [-0.2, 0) is 0 Å². The third-order valence-corrected chi connectivity index (χ3v) is 8.94. The van der Waals surface area contributed by atoms with Crippen molar-refractivity contribution in [1.82, 2.24) is 4.65 Å². The van der Waals surface area contributed by atoms with E-state index in [0.29, 0.717) is 0 Å². The normalized spacial score (nSPS) is 14.9. The van der Waals surface area contributed by atoms with Crippen LogP contribution in [0.4, 0.5) is 0 Å². The van der Waals surface area contributed by atoms with Gasteiger partial charge < -0.3 is 4.65 Å². The number of hydrogen-bond acceptors (Lipinski definition) is 1. The van der Waals surface area contributed by atoms with Gasteiger partial charge in [0.2, 0.25) is 0 Å². The Kier molecular flexibility index (Phi) is 5.21. The Hall–Kier alpha value is -0.646. The van der Waals surface area contributed by atoms with E-state index in [9.17, 15) is 0 Å². The molecule has 0 heterocycles. The Bertz CT molecular complexity index is 276. The Labute approximate surface area is 96.5 Å². The lowest BCUT2D eigenvalue weighted by atomic mass is 10.3. The summed E-state index contributed by atoms with van der Waals surface area (Å²) in [6.07, 6.45) is 3.68. The monoisotopic (exact) mass is 237 g/mol. The second-order valence-electron chi connectivity index (χ2n) is 4.91. The minimum Gasteiger partial charge on any atom is -0.353 e. The fourth-order valence-electron chi connectivity index (χ4n) is 1.50. The van der Waals surface area contributed by atoms with E-state index in [1.54, 1.807) is 0 Å². The molecular weight excluding hydrogens is 214 g/mol. The van der Waals surface area contributed by atoms with Crippen molar-refractivity contribution in [3.63, 3.8) is 0 Å². The van der Waals surface area contributed by atoms with Crippen LogP contribution in [0, 0.1) is 0 Å². The van der Waals surface area contributed by atoms with E-state index in [-0.39, 0.29) is 0 Å². The standard InChI is InChI=1S/C12H23NSi2/c1-8-12(9-2)11-15(7,10-3)13-14(4,5)6/h8-11,13H,1-3H2,4-7H3. The van der Waals surface area contributed by atoms with E-state index in [4.69, 9.17) is 0 Å². The summed E-state index contributed by atoms with van der Waals surface area (Å²) < 4.78 is 3.77. The predicted molar refractivity (Wildman–Crippen MR) is 76.8 cm³/mol. The molecule has 0 rings (SSSR count). The van der Waals surface area contributed by atoms with Crippen molar-refractivity contribution >= 4 is 16.5 Å². The molecule has 1 N–H and O–H groups in total. The second kappa shape index (κ2) is 5.44. The maximum atomic E-state index is 3.95. The first-order valence-corrected chi connectivity index (χ1v) is 11.3. The number of hydrogen-bond donors (Lipinski definition) is 1. The lowest BCUT2D eigenvalue weighted by Crippen LogP contribution is -2.57. The second-order valence-corrected chi connectivity index (χ2v) is 13.7. The smallest absolute Gasteiger partial charge is 0.165 e. The van der Waals surface area contributed by atoms with E-state index >= 15 is 0 Å². The highest BCUT2D eigenvalue weighted by Gasteiger charge is 2.27. The van der Waals surface area contributed by atoms with E-state index in [1.165, 1.54) is 0 Å². The molecule has 1 unspecified atom stereocenters. The summed E-state index contributed by atoms with van der Waals surface area (Å²) in [5.74, 6) is 0. The SMILES string of the molecule is C=CC(C=C)=C[Si](C)(C=C)N[Si](C)(C)C. The summed E-state index contributed by atoms with van der Waals surface area (Å²) in [4.78, 5) is 0. The molecule has 0 aliphatic carbocycles. The lowest BCUT2D eigenvalue weighted by molar-refractivity contribution is 1.34. The minimum absolute atomic E-state index is 1.09. The number of nitrogens with one attached hydrogen (secondary N) is 1. The van der Waals surface area contributed by atoms with Gasteiger partial charge >= 0.3 is 0 Å². The molecule has 0 saturated heterocycles. The molecule has 84 valence electrons. The Balaban J connectivity index is 5.01. The molecule has 0 aliphatic heterocycles. The van der Waals surface area contributed by atoms with E-state index in [1.807, 2.05) is 12.2 Å². The Morgan fingerprint density at radius 1 is 1.00 bits per heavy atom. The van der Waals surface area contributed by atoms with Gasteiger partial charge in [-0.1, -0.05) is 56.3 Å². The first-order valence-electron chi connectivity index (χ1n) is 5.17. The summed E-state index contributed by atoms with van der Waals surface area (Å²) in [6, 6.07) is 0. The molecule has 0 spiro atoms. The van der Waals surface area contributed by atoms with Crippen molar-refractivity contribution in [3.8, 4) is 0 Å². The average Bonchev–Trinajstić information content (AvgIpc) is 2.11. The topological polar surface area (TPSA) is 12.0 Å². The van der Waals surface area contributed by atoms with Crippen LogP contribution in [0.2, 0.25) is 26.2 Å². The molecular formula is C12H23NSi2. The van der Waals surface area contributed by atoms with Crippen LogP contribution in [0.25, 0.3) is 0 Å². The maximum Gasteiger partial charge on any atom is 0.165 e. The van der Waals surface area contributed by atoms with Crippen LogP contribution in [0.3, 0.4) is 0 Å². The minimum atomic E-state index is -1.69. The highest BCUT2D eigenvalue weighted by Crippen LogP contribution is 2.11. The van der Waals surface area contributed by atoms with Crippen molar-refractivity contribution in [2.24, 2.45) is 0 Å². The van der Waals surface area contributed by atoms with Gasteiger partial charge in [-0.05, 0) is 12.1 Å². The number of rotatable bonds is 6. The molecule has 0 aromatic carbocycles. The molecule has 1 nitrogen and oxygen atoms in total. The van der Waals surface area contributed by atoms with Crippen LogP contribution in [0.1, 0.15) is 0 Å². The Morgan fingerprint density at radius 2 is 1.47 bits per heavy atom. The third kappa shape index (κ3) is 5.72. The van der Waals surface area contributed by atoms with Crippen molar-refractivity contribution in [3.05, 3.63) is 48.9 Å². The first kappa shape index (κ1) is 14.4. The quantitative estimate of drug-likeness (QED) is 0.550. The van der Waals surface area contributed by atoms with Crippen LogP contribution >= 0.6 is 0 Å². The molecule has 3 heteroatoms. The summed E-state index contributed by atoms with van der Waals surface area (Å²) >= 11 is 0. The molecule has 1 atom stereocenters. The number of allylic oxidation sites excluding steroid dienone is 3. The largest absolute Gasteiger partial charge is 0.353 e. The highest BCUT2D eigenvalue weighted by atomic mass is 28.4. The molecule has 15 heavy (non-hydrogen) atoms. The molecule has 0 amide bonds. The van der Waals surface area contributed by atoms with Crippen molar-refractivity contribution in [1.29, 1.82) is 0 Å². The zero-order valence-corrected chi connectivity index (χ0v) is 12.4. The molecule has 0 fully saturated rings. The predicted octanol–water partition coefficient (Wildman–Crippen LogP) is 3.55. The molecule has 0 aromatic heterocycles. The van der Waals surface area contributed by atoms with Gasteiger partial charge in [0.1, 0.15) is 8.24 Å². The maximum absolute atomic E-state index is 3.95. The van der Waals surface area contributed by atoms with E-state index < -0.39 is 16.5 Å². The molecule has 0 radical (unpaired) electrons. The van der Waals surface area contributed by atoms with Crippen LogP contribution in [-0.4, -0.2) is 16.5 Å². The Morgan fingerprint density at radius 3 is 1.73 bits per heavy atom. The van der Waals surface area contributed by atoms with Crippen molar-refractivity contribution in [2.75, 3.05) is 0 Å². The van der Waals surface area contributed by atoms with Gasteiger partial charge in [-0.25, -0.2) is 0 Å². The lowest BCUT2D eigenvalue weighted by Gasteiger charge is -2.30. The van der Waals surface area contributed by atoms with Gasteiger partial charge in [0.15, 0.2) is 8.24 Å². The zero-order chi connectivity index (χ0) is 12.1. The molecule has 0 aliphatic rings. The van der Waals surface area contributed by atoms with E-state index in [2.05, 4.69) is 62.0 Å². The van der Waals surface area contributed by atoms with Gasteiger partial charge in [-0.3, -0.25) is 0 Å². The highest BCUT2D eigenvalue weighted by molar-refractivity contribution is 6.96. The third-order valence-electron chi connectivity index (χ3n) is 2.01. The average molecular weight is 237 g/mol. The summed E-state index contributed by atoms with van der Waals surface area (Å²) in [5, 5.41) is 0. The van der Waals surface area contributed by atoms with Gasteiger partial charge in [-0.2, -0.15) is 0 Å². The summed E-state index contributed by atoms with van der Waals surface area (Å²) in [6.45, 7) is 20.7. The fraction of sp³-hybridized carbons (Fsp3) is 0.333. The molecule has 0 bridgehead atoms. The molecule has 0 saturated carbocycles. The van der Waals surface area contributed by atoms with Gasteiger partial charge in [0.25, 0.3) is 0 Å². The van der Waals surface area contributed by atoms with Gasteiger partial charge in [-0.15, -0.1) is 6.58 Å². The zero-order valence-electron chi connectivity index (χ0n) is 10.4. The van der Waals surface area contributed by atoms with E-state index in [0.717, 1.165) is 5.57 Å². The van der Waals surface area contributed by atoms with Crippen LogP contribution < -0.4 is 4.65 Å².